The van der Waals surface area contributed by atoms with Crippen molar-refractivity contribution in [3.63, 3.8) is 0 Å². The quantitative estimate of drug-likeness (QED) is 0.100. The largest absolute Gasteiger partial charge is 0.494 e. The number of aromatic nitrogens is 2. The number of nitrogens with zero attached hydrogens (tertiary/aromatic N) is 2. The Kier molecular flexibility index (Phi) is 11.4. The highest BCUT2D eigenvalue weighted by atomic mass is 35.5. The van der Waals surface area contributed by atoms with Crippen LogP contribution >= 0.6 is 23.2 Å². The van der Waals surface area contributed by atoms with Gasteiger partial charge in [-0.2, -0.15) is 0 Å². The molecule has 0 aliphatic heterocycles. The molecule has 1 heterocycles. The maximum atomic E-state index is 13.3. The number of carbonyl (C=O) groups is 2. The molecule has 0 unspecified atom stereocenters. The fourth-order valence-corrected chi connectivity index (χ4v) is 5.25. The molecule has 47 heavy (non-hydrogen) atoms. The summed E-state index contributed by atoms with van der Waals surface area (Å²) in [5, 5.41) is 3.84. The minimum Gasteiger partial charge on any atom is -0.494 e. The van der Waals surface area contributed by atoms with Gasteiger partial charge in [0.2, 0.25) is 5.91 Å². The van der Waals surface area contributed by atoms with Crippen LogP contribution in [-0.4, -0.2) is 35.1 Å². The van der Waals surface area contributed by atoms with Crippen molar-refractivity contribution in [1.82, 2.24) is 14.9 Å². The first-order chi connectivity index (χ1) is 22.8. The minimum atomic E-state index is -0.330. The topological polar surface area (TPSA) is 82.5 Å². The fraction of sp³-hybridized carbons (Fsp3) is 0.162. The van der Waals surface area contributed by atoms with E-state index < -0.39 is 0 Å². The van der Waals surface area contributed by atoms with Crippen LogP contribution in [0.1, 0.15) is 29.8 Å². The van der Waals surface area contributed by atoms with E-state index in [0.717, 1.165) is 28.0 Å². The van der Waals surface area contributed by atoms with Gasteiger partial charge in [0.15, 0.2) is 0 Å². The zero-order valence-corrected chi connectivity index (χ0v) is 27.1. The van der Waals surface area contributed by atoms with Crippen LogP contribution in [0.3, 0.4) is 0 Å². The number of carbonyl (C=O) groups excluding carboxylic acids is 2. The number of rotatable bonds is 13. The number of esters is 1. The molecule has 1 aromatic heterocycles. The lowest BCUT2D eigenvalue weighted by atomic mass is 10.0. The van der Waals surface area contributed by atoms with Crippen molar-refractivity contribution in [2.45, 2.75) is 25.9 Å². The average molecular weight is 673 g/mol. The molecule has 5 rings (SSSR count). The van der Waals surface area contributed by atoms with Gasteiger partial charge in [0.25, 0.3) is 0 Å². The van der Waals surface area contributed by atoms with E-state index in [9.17, 15) is 14.0 Å². The summed E-state index contributed by atoms with van der Waals surface area (Å²) in [4.78, 5) is 28.9. The van der Waals surface area contributed by atoms with E-state index >= 15 is 0 Å². The van der Waals surface area contributed by atoms with Crippen molar-refractivity contribution < 1.29 is 23.5 Å². The molecule has 0 aliphatic carbocycles. The highest BCUT2D eigenvalue weighted by molar-refractivity contribution is 6.36. The zero-order chi connectivity index (χ0) is 33.2. The maximum absolute atomic E-state index is 13.3. The summed E-state index contributed by atoms with van der Waals surface area (Å²) < 4.78 is 25.4. The second-order valence-electron chi connectivity index (χ2n) is 10.6. The molecule has 7 nitrogen and oxygen atoms in total. The smallest absolute Gasteiger partial charge is 0.305 e. The third-order valence-electron chi connectivity index (χ3n) is 7.28. The summed E-state index contributed by atoms with van der Waals surface area (Å²) >= 11 is 12.6. The Morgan fingerprint density at radius 2 is 1.62 bits per heavy atom. The van der Waals surface area contributed by atoms with E-state index in [4.69, 9.17) is 32.9 Å². The van der Waals surface area contributed by atoms with Gasteiger partial charge in [0.05, 0.1) is 24.4 Å². The van der Waals surface area contributed by atoms with Crippen molar-refractivity contribution in [3.05, 3.63) is 130 Å². The number of ether oxygens (including phenoxy) is 2. The van der Waals surface area contributed by atoms with E-state index in [1.54, 1.807) is 41.1 Å². The molecule has 0 fully saturated rings. The van der Waals surface area contributed by atoms with E-state index in [1.165, 1.54) is 19.2 Å². The van der Waals surface area contributed by atoms with Crippen LogP contribution in [-0.2, 0) is 27.4 Å². The second kappa shape index (κ2) is 16.1. The van der Waals surface area contributed by atoms with Gasteiger partial charge in [-0.1, -0.05) is 77.8 Å². The van der Waals surface area contributed by atoms with Gasteiger partial charge >= 0.3 is 5.97 Å². The Balaban J connectivity index is 1.27. The minimum absolute atomic E-state index is 0.0169. The third-order valence-corrected chi connectivity index (χ3v) is 7.82. The number of methoxy groups -OCH3 is 1. The highest BCUT2D eigenvalue weighted by Gasteiger charge is 2.14. The first kappa shape index (κ1) is 33.4. The molecule has 10 heteroatoms. The molecule has 1 N–H and O–H groups in total. The first-order valence-corrected chi connectivity index (χ1v) is 15.6. The van der Waals surface area contributed by atoms with E-state index in [1.807, 2.05) is 60.7 Å². The molecule has 0 saturated heterocycles. The van der Waals surface area contributed by atoms with Crippen LogP contribution in [0.4, 0.5) is 4.39 Å². The molecule has 1 amide bonds. The van der Waals surface area contributed by atoms with E-state index in [2.05, 4.69) is 10.1 Å². The SMILES string of the molecule is COC(=O)CCCOc1ccc(-c2ccc(C=Cc3nc(-c4ccc(Cl)cc4Cl)cn3CC(=O)NCc3ccc(F)cc3)cc2)cc1. The molecular weight excluding hydrogens is 640 g/mol. The summed E-state index contributed by atoms with van der Waals surface area (Å²) in [5.74, 6) is 0.495. The number of hydrogen-bond donors (Lipinski definition) is 1. The average Bonchev–Trinajstić information content (AvgIpc) is 3.47. The number of imidazole rings is 1. The van der Waals surface area contributed by atoms with Gasteiger partial charge in [0.1, 0.15) is 23.9 Å². The lowest BCUT2D eigenvalue weighted by Crippen LogP contribution is -2.27. The summed E-state index contributed by atoms with van der Waals surface area (Å²) in [7, 11) is 1.37. The molecule has 0 aliphatic rings. The second-order valence-corrected chi connectivity index (χ2v) is 11.5. The maximum Gasteiger partial charge on any atom is 0.305 e. The third kappa shape index (κ3) is 9.54. The Labute approximate surface area is 282 Å². The Hall–Kier alpha value is -4.92. The number of nitrogens with one attached hydrogen (secondary N) is 1. The normalized spacial score (nSPS) is 11.1. The van der Waals surface area contributed by atoms with Gasteiger partial charge in [-0.25, -0.2) is 9.37 Å². The summed E-state index contributed by atoms with van der Waals surface area (Å²) in [6.45, 7) is 0.722. The first-order valence-electron chi connectivity index (χ1n) is 14.9. The summed E-state index contributed by atoms with van der Waals surface area (Å²) in [6.07, 6.45) is 6.47. The van der Waals surface area contributed by atoms with Gasteiger partial charge < -0.3 is 19.4 Å². The van der Waals surface area contributed by atoms with Crippen LogP contribution in [0.2, 0.25) is 10.0 Å². The van der Waals surface area contributed by atoms with Crippen molar-refractivity contribution in [1.29, 1.82) is 0 Å². The number of amides is 1. The summed E-state index contributed by atoms with van der Waals surface area (Å²) in [5.41, 5.74) is 5.11. The molecule has 5 aromatic rings. The molecule has 0 saturated carbocycles. The number of hydrogen-bond acceptors (Lipinski definition) is 5. The molecule has 0 atom stereocenters. The molecule has 4 aromatic carbocycles. The zero-order valence-electron chi connectivity index (χ0n) is 25.6. The molecule has 0 spiro atoms. The van der Waals surface area contributed by atoms with Gasteiger partial charge in [0, 0.05) is 29.7 Å². The van der Waals surface area contributed by atoms with Crippen LogP contribution < -0.4 is 10.1 Å². The lowest BCUT2D eigenvalue weighted by Gasteiger charge is -2.08. The molecule has 0 bridgehead atoms. The molecule has 240 valence electrons. The van der Waals surface area contributed by atoms with E-state index in [0.29, 0.717) is 46.6 Å². The molecule has 0 radical (unpaired) electrons. The van der Waals surface area contributed by atoms with Crippen LogP contribution in [0.5, 0.6) is 5.75 Å². The van der Waals surface area contributed by atoms with Crippen molar-refractivity contribution in [2.75, 3.05) is 13.7 Å². The number of benzene rings is 4. The van der Waals surface area contributed by atoms with Crippen molar-refractivity contribution in [2.24, 2.45) is 0 Å². The Morgan fingerprint density at radius 1 is 0.915 bits per heavy atom. The molecular formula is C37H32Cl2FN3O4. The van der Waals surface area contributed by atoms with Crippen LogP contribution in [0.25, 0.3) is 34.5 Å². The van der Waals surface area contributed by atoms with Gasteiger partial charge in [-0.05, 0) is 77.2 Å². The van der Waals surface area contributed by atoms with Crippen LogP contribution in [0.15, 0.2) is 97.2 Å². The Morgan fingerprint density at radius 3 is 2.30 bits per heavy atom. The van der Waals surface area contributed by atoms with Crippen LogP contribution in [0, 0.1) is 5.82 Å². The van der Waals surface area contributed by atoms with E-state index in [-0.39, 0.29) is 30.8 Å². The standard InChI is InChI=1S/C37H32Cl2FN3O4/c1-46-37(45)3-2-20-47-31-16-11-28(12-17-31)27-9-4-25(5-10-27)8-19-35-42-34(32-18-13-29(38)21-33(32)39)23-43(35)24-36(44)41-22-26-6-14-30(40)15-7-26/h4-19,21,23H,2-3,20,22,24H2,1H3,(H,41,44). The predicted octanol–water partition coefficient (Wildman–Crippen LogP) is 8.48. The monoisotopic (exact) mass is 671 g/mol. The lowest BCUT2D eigenvalue weighted by molar-refractivity contribution is -0.140. The summed E-state index contributed by atoms with van der Waals surface area (Å²) in [6, 6.07) is 27.0. The van der Waals surface area contributed by atoms with Gasteiger partial charge in [-0.3, -0.25) is 9.59 Å². The Bertz CT molecular complexity index is 1850. The van der Waals surface area contributed by atoms with Crippen molar-refractivity contribution in [3.8, 4) is 28.1 Å². The van der Waals surface area contributed by atoms with Gasteiger partial charge in [-0.15, -0.1) is 0 Å². The van der Waals surface area contributed by atoms with Crippen molar-refractivity contribution >= 4 is 47.2 Å². The number of halogens is 3. The predicted molar refractivity (Wildman–Crippen MR) is 183 cm³/mol. The highest BCUT2D eigenvalue weighted by Crippen LogP contribution is 2.30. The fourth-order valence-electron chi connectivity index (χ4n) is 4.74.